The molecular weight excluding hydrogens is 234 g/mol. The van der Waals surface area contributed by atoms with Crippen molar-refractivity contribution in [3.05, 3.63) is 0 Å². The van der Waals surface area contributed by atoms with Crippen molar-refractivity contribution >= 4 is 11.8 Å². The second kappa shape index (κ2) is 5.24. The molecule has 6 heteroatoms. The Labute approximate surface area is 107 Å². The summed E-state index contributed by atoms with van der Waals surface area (Å²) in [6.07, 6.45) is 0. The van der Waals surface area contributed by atoms with Gasteiger partial charge in [0.25, 0.3) is 0 Å². The van der Waals surface area contributed by atoms with Crippen LogP contribution in [0.1, 0.15) is 13.8 Å². The molecule has 2 aliphatic rings. The Kier molecular flexibility index (Phi) is 3.87. The fourth-order valence-electron chi connectivity index (χ4n) is 2.66. The first-order chi connectivity index (χ1) is 8.52. The number of carbonyl (C=O) groups excluding carboxylic acids is 2. The van der Waals surface area contributed by atoms with Gasteiger partial charge in [-0.25, -0.2) is 0 Å². The Bertz CT molecular complexity index is 345. The first-order valence-corrected chi connectivity index (χ1v) is 6.47. The second-order valence-corrected chi connectivity index (χ2v) is 5.44. The molecule has 2 N–H and O–H groups in total. The van der Waals surface area contributed by atoms with Gasteiger partial charge in [0.15, 0.2) is 0 Å². The fraction of sp³-hybridized carbons (Fsp3) is 0.833. The van der Waals surface area contributed by atoms with Gasteiger partial charge < -0.3 is 15.3 Å². The molecule has 2 rings (SSSR count). The van der Waals surface area contributed by atoms with Crippen molar-refractivity contribution in [3.63, 3.8) is 0 Å². The predicted molar refractivity (Wildman–Crippen MR) is 65.8 cm³/mol. The van der Waals surface area contributed by atoms with Crippen LogP contribution in [0.5, 0.6) is 0 Å². The number of amides is 2. The minimum absolute atomic E-state index is 0.151. The minimum atomic E-state index is -0.759. The molecule has 0 spiro atoms. The highest BCUT2D eigenvalue weighted by Gasteiger charge is 2.42. The standard InChI is InChI=1S/C12H21N3O3/c1-8(2)5-14-3-4-15-10(6-14)11(17)13-9(7-16)12(15)18/h8-10,16H,3-7H2,1-2H3,(H,13,17)/t9-,10-/m1/s1. The van der Waals surface area contributed by atoms with Crippen LogP contribution in [0, 0.1) is 5.92 Å². The average molecular weight is 255 g/mol. The molecule has 0 aliphatic carbocycles. The lowest BCUT2D eigenvalue weighted by atomic mass is 10.0. The molecule has 18 heavy (non-hydrogen) atoms. The highest BCUT2D eigenvalue weighted by atomic mass is 16.3. The third-order valence-electron chi connectivity index (χ3n) is 3.47. The van der Waals surface area contributed by atoms with Gasteiger partial charge in [-0.15, -0.1) is 0 Å². The Balaban J connectivity index is 2.05. The van der Waals surface area contributed by atoms with Gasteiger partial charge in [-0.2, -0.15) is 0 Å². The molecule has 0 aromatic rings. The summed E-state index contributed by atoms with van der Waals surface area (Å²) in [4.78, 5) is 27.8. The molecule has 0 unspecified atom stereocenters. The van der Waals surface area contributed by atoms with Crippen LogP contribution in [-0.2, 0) is 9.59 Å². The smallest absolute Gasteiger partial charge is 0.248 e. The summed E-state index contributed by atoms with van der Waals surface area (Å²) in [7, 11) is 0. The summed E-state index contributed by atoms with van der Waals surface area (Å²) in [5.74, 6) is 0.234. The van der Waals surface area contributed by atoms with Crippen LogP contribution in [0.25, 0.3) is 0 Å². The molecule has 0 radical (unpaired) electrons. The summed E-state index contributed by atoms with van der Waals surface area (Å²) in [5.41, 5.74) is 0. The summed E-state index contributed by atoms with van der Waals surface area (Å²) < 4.78 is 0. The van der Waals surface area contributed by atoms with E-state index < -0.39 is 12.1 Å². The summed E-state index contributed by atoms with van der Waals surface area (Å²) in [5, 5.41) is 11.6. The normalized spacial score (nSPS) is 29.4. The van der Waals surface area contributed by atoms with Crippen molar-refractivity contribution in [3.8, 4) is 0 Å². The largest absolute Gasteiger partial charge is 0.394 e. The van der Waals surface area contributed by atoms with Crippen molar-refractivity contribution in [2.75, 3.05) is 32.8 Å². The minimum Gasteiger partial charge on any atom is -0.394 e. The van der Waals surface area contributed by atoms with Crippen LogP contribution < -0.4 is 5.32 Å². The van der Waals surface area contributed by atoms with Gasteiger partial charge in [0, 0.05) is 26.2 Å². The number of hydrogen-bond donors (Lipinski definition) is 2. The van der Waals surface area contributed by atoms with E-state index in [1.54, 1.807) is 4.90 Å². The van der Waals surface area contributed by atoms with Gasteiger partial charge >= 0.3 is 0 Å². The van der Waals surface area contributed by atoms with Gasteiger partial charge in [0.05, 0.1) is 6.61 Å². The molecule has 0 aromatic heterocycles. The summed E-state index contributed by atoms with van der Waals surface area (Å²) in [6.45, 7) is 6.85. The number of fused-ring (bicyclic) bond motifs is 1. The van der Waals surface area contributed by atoms with E-state index in [1.807, 2.05) is 0 Å². The van der Waals surface area contributed by atoms with E-state index in [0.29, 0.717) is 19.0 Å². The van der Waals surface area contributed by atoms with E-state index >= 15 is 0 Å². The number of hydrogen-bond acceptors (Lipinski definition) is 4. The maximum Gasteiger partial charge on any atom is 0.248 e. The van der Waals surface area contributed by atoms with Crippen LogP contribution in [0.15, 0.2) is 0 Å². The molecule has 2 aliphatic heterocycles. The van der Waals surface area contributed by atoms with Gasteiger partial charge in [-0.05, 0) is 5.92 Å². The SMILES string of the molecule is CC(C)CN1CCN2C(=O)[C@@H](CO)NC(=O)[C@H]2C1. The Morgan fingerprint density at radius 3 is 2.72 bits per heavy atom. The van der Waals surface area contributed by atoms with Crippen LogP contribution in [0.2, 0.25) is 0 Å². The number of piperazine rings is 2. The van der Waals surface area contributed by atoms with Gasteiger partial charge in [0.2, 0.25) is 11.8 Å². The van der Waals surface area contributed by atoms with E-state index in [9.17, 15) is 9.59 Å². The lowest BCUT2D eigenvalue weighted by Crippen LogP contribution is -2.70. The molecule has 0 bridgehead atoms. The number of nitrogens with one attached hydrogen (secondary N) is 1. The van der Waals surface area contributed by atoms with Crippen LogP contribution in [-0.4, -0.2) is 71.6 Å². The van der Waals surface area contributed by atoms with Gasteiger partial charge in [-0.3, -0.25) is 14.5 Å². The number of aliphatic hydroxyl groups is 1. The molecule has 6 nitrogen and oxygen atoms in total. The molecule has 2 heterocycles. The highest BCUT2D eigenvalue weighted by molar-refractivity contribution is 5.97. The maximum atomic E-state index is 12.0. The first kappa shape index (κ1) is 13.3. The van der Waals surface area contributed by atoms with Crippen LogP contribution in [0.4, 0.5) is 0 Å². The quantitative estimate of drug-likeness (QED) is 0.654. The van der Waals surface area contributed by atoms with Crippen molar-refractivity contribution in [1.29, 1.82) is 0 Å². The lowest BCUT2D eigenvalue weighted by molar-refractivity contribution is -0.154. The molecule has 2 atom stereocenters. The van der Waals surface area contributed by atoms with Gasteiger partial charge in [-0.1, -0.05) is 13.8 Å². The molecule has 2 amide bonds. The Hall–Kier alpha value is -1.14. The molecule has 2 saturated heterocycles. The predicted octanol–water partition coefficient (Wildman–Crippen LogP) is -1.35. The van der Waals surface area contributed by atoms with E-state index in [0.717, 1.165) is 13.1 Å². The lowest BCUT2D eigenvalue weighted by Gasteiger charge is -2.45. The zero-order valence-electron chi connectivity index (χ0n) is 10.9. The van der Waals surface area contributed by atoms with E-state index in [4.69, 9.17) is 5.11 Å². The number of carbonyl (C=O) groups is 2. The highest BCUT2D eigenvalue weighted by Crippen LogP contribution is 2.16. The van der Waals surface area contributed by atoms with Crippen molar-refractivity contribution in [2.24, 2.45) is 5.92 Å². The monoisotopic (exact) mass is 255 g/mol. The van der Waals surface area contributed by atoms with E-state index in [2.05, 4.69) is 24.1 Å². The Morgan fingerprint density at radius 2 is 2.11 bits per heavy atom. The third kappa shape index (κ3) is 2.49. The van der Waals surface area contributed by atoms with Crippen molar-refractivity contribution in [2.45, 2.75) is 25.9 Å². The van der Waals surface area contributed by atoms with Gasteiger partial charge in [0.1, 0.15) is 12.1 Å². The zero-order valence-corrected chi connectivity index (χ0v) is 10.9. The van der Waals surface area contributed by atoms with Crippen LogP contribution in [0.3, 0.4) is 0 Å². The molecule has 0 aromatic carbocycles. The molecule has 2 fully saturated rings. The van der Waals surface area contributed by atoms with Crippen molar-refractivity contribution in [1.82, 2.24) is 15.1 Å². The fourth-order valence-corrected chi connectivity index (χ4v) is 2.66. The van der Waals surface area contributed by atoms with Crippen LogP contribution >= 0.6 is 0 Å². The Morgan fingerprint density at radius 1 is 1.39 bits per heavy atom. The zero-order chi connectivity index (χ0) is 13.3. The summed E-state index contributed by atoms with van der Waals surface area (Å²) in [6, 6.07) is -1.15. The molecular formula is C12H21N3O3. The van der Waals surface area contributed by atoms with Crippen molar-refractivity contribution < 1.29 is 14.7 Å². The second-order valence-electron chi connectivity index (χ2n) is 5.44. The van der Waals surface area contributed by atoms with E-state index in [1.165, 1.54) is 0 Å². The topological polar surface area (TPSA) is 72.9 Å². The molecule has 0 saturated carbocycles. The summed E-state index contributed by atoms with van der Waals surface area (Å²) >= 11 is 0. The number of nitrogens with zero attached hydrogens (tertiary/aromatic N) is 2. The number of rotatable bonds is 3. The van der Waals surface area contributed by atoms with E-state index in [-0.39, 0.29) is 18.4 Å². The third-order valence-corrected chi connectivity index (χ3v) is 3.47. The molecule has 102 valence electrons. The maximum absolute atomic E-state index is 12.0. The first-order valence-electron chi connectivity index (χ1n) is 6.47. The average Bonchev–Trinajstić information content (AvgIpc) is 2.33. The number of aliphatic hydroxyl groups excluding tert-OH is 1.